The van der Waals surface area contributed by atoms with Gasteiger partial charge in [-0.15, -0.1) is 0 Å². The summed E-state index contributed by atoms with van der Waals surface area (Å²) in [6, 6.07) is 15.0. The molecule has 0 saturated carbocycles. The van der Waals surface area contributed by atoms with E-state index in [0.717, 1.165) is 21.5 Å². The van der Waals surface area contributed by atoms with E-state index in [0.29, 0.717) is 0 Å². The van der Waals surface area contributed by atoms with Crippen LogP contribution in [0.4, 0.5) is 5.69 Å². The number of halogens is 1. The summed E-state index contributed by atoms with van der Waals surface area (Å²) < 4.78 is 6.11. The number of hydrazone groups is 1. The van der Waals surface area contributed by atoms with E-state index in [1.165, 1.54) is 0 Å². The van der Waals surface area contributed by atoms with Crippen LogP contribution in [0.25, 0.3) is 0 Å². The van der Waals surface area contributed by atoms with Crippen LogP contribution >= 0.6 is 15.9 Å². The first-order valence-corrected chi connectivity index (χ1v) is 7.42. The van der Waals surface area contributed by atoms with E-state index in [9.17, 15) is 4.79 Å². The third-order valence-electron chi connectivity index (χ3n) is 2.79. The Morgan fingerprint density at radius 3 is 2.77 bits per heavy atom. The van der Waals surface area contributed by atoms with Crippen LogP contribution in [-0.4, -0.2) is 25.8 Å². The van der Waals surface area contributed by atoms with Crippen molar-refractivity contribution in [2.24, 2.45) is 5.10 Å². The van der Waals surface area contributed by atoms with Gasteiger partial charge in [-0.3, -0.25) is 4.79 Å². The Labute approximate surface area is 137 Å². The maximum absolute atomic E-state index is 11.7. The highest BCUT2D eigenvalue weighted by molar-refractivity contribution is 9.10. The summed E-state index contributed by atoms with van der Waals surface area (Å²) in [5.74, 6) is 0.522. The van der Waals surface area contributed by atoms with Gasteiger partial charge in [0, 0.05) is 10.2 Å². The molecule has 0 spiro atoms. The van der Waals surface area contributed by atoms with Gasteiger partial charge in [-0.25, -0.2) is 5.43 Å². The molecule has 2 aromatic rings. The smallest absolute Gasteiger partial charge is 0.259 e. The van der Waals surface area contributed by atoms with Crippen molar-refractivity contribution in [3.8, 4) is 5.75 Å². The van der Waals surface area contributed by atoms with E-state index in [4.69, 9.17) is 4.74 Å². The monoisotopic (exact) mass is 361 g/mol. The molecular formula is C16H16BrN3O2. The highest BCUT2D eigenvalue weighted by atomic mass is 79.9. The van der Waals surface area contributed by atoms with Crippen molar-refractivity contribution in [1.82, 2.24) is 5.43 Å². The first-order chi connectivity index (χ1) is 10.7. The zero-order valence-corrected chi connectivity index (χ0v) is 13.6. The Morgan fingerprint density at radius 1 is 1.27 bits per heavy atom. The van der Waals surface area contributed by atoms with Crippen LogP contribution in [-0.2, 0) is 4.79 Å². The Hall–Kier alpha value is -2.34. The fraction of sp³-hybridized carbons (Fsp3) is 0.125. The number of methoxy groups -OCH3 is 1. The van der Waals surface area contributed by atoms with Gasteiger partial charge in [0.1, 0.15) is 5.75 Å². The lowest BCUT2D eigenvalue weighted by Gasteiger charge is -2.05. The Bertz CT molecular complexity index is 657. The van der Waals surface area contributed by atoms with E-state index in [2.05, 4.69) is 31.8 Å². The molecule has 0 aliphatic heterocycles. The Balaban J connectivity index is 1.79. The molecule has 0 fully saturated rings. The van der Waals surface area contributed by atoms with Gasteiger partial charge in [0.2, 0.25) is 0 Å². The van der Waals surface area contributed by atoms with Crippen molar-refractivity contribution in [2.45, 2.75) is 0 Å². The number of anilines is 1. The van der Waals surface area contributed by atoms with Gasteiger partial charge in [-0.2, -0.15) is 5.10 Å². The average Bonchev–Trinajstić information content (AvgIpc) is 2.54. The normalized spacial score (nSPS) is 10.5. The van der Waals surface area contributed by atoms with Crippen LogP contribution in [0.15, 0.2) is 58.1 Å². The maximum Gasteiger partial charge on any atom is 0.259 e. The topological polar surface area (TPSA) is 62.7 Å². The summed E-state index contributed by atoms with van der Waals surface area (Å²) in [4.78, 5) is 11.7. The molecule has 0 unspecified atom stereocenters. The Morgan fingerprint density at radius 2 is 2.05 bits per heavy atom. The highest BCUT2D eigenvalue weighted by Gasteiger charge is 1.99. The molecule has 0 aromatic heterocycles. The van der Waals surface area contributed by atoms with Gasteiger partial charge >= 0.3 is 0 Å². The number of carbonyl (C=O) groups is 1. The van der Waals surface area contributed by atoms with Gasteiger partial charge in [-0.05, 0) is 42.0 Å². The number of amides is 1. The van der Waals surface area contributed by atoms with Crippen LogP contribution < -0.4 is 15.5 Å². The standard InChI is InChI=1S/C16H16BrN3O2/c1-22-15-4-2-3-12(9-15)10-19-20-16(21)11-18-14-7-5-13(17)6-8-14/h2-10,18H,11H2,1H3,(H,20,21)/b19-10-. The first-order valence-electron chi connectivity index (χ1n) is 6.63. The van der Waals surface area contributed by atoms with Crippen molar-refractivity contribution < 1.29 is 9.53 Å². The van der Waals surface area contributed by atoms with Crippen LogP contribution in [0.3, 0.4) is 0 Å². The summed E-state index contributed by atoms with van der Waals surface area (Å²) in [6.45, 7) is 0.150. The third kappa shape index (κ3) is 5.21. The number of hydrogen-bond donors (Lipinski definition) is 2. The first kappa shape index (κ1) is 16.0. The summed E-state index contributed by atoms with van der Waals surface area (Å²) >= 11 is 3.36. The fourth-order valence-electron chi connectivity index (χ4n) is 1.69. The number of nitrogens with one attached hydrogen (secondary N) is 2. The average molecular weight is 362 g/mol. The maximum atomic E-state index is 11.7. The van der Waals surface area contributed by atoms with Crippen LogP contribution in [0.2, 0.25) is 0 Å². The molecule has 1 amide bonds. The Kier molecular flexibility index (Phi) is 5.97. The molecule has 0 radical (unpaired) electrons. The molecule has 114 valence electrons. The second-order valence-corrected chi connectivity index (χ2v) is 5.35. The van der Waals surface area contributed by atoms with E-state index in [-0.39, 0.29) is 12.5 Å². The third-order valence-corrected chi connectivity index (χ3v) is 3.32. The molecular weight excluding hydrogens is 346 g/mol. The molecule has 0 heterocycles. The predicted octanol–water partition coefficient (Wildman–Crippen LogP) is 3.02. The summed E-state index contributed by atoms with van der Waals surface area (Å²) in [7, 11) is 1.60. The molecule has 0 bridgehead atoms. The lowest BCUT2D eigenvalue weighted by atomic mass is 10.2. The van der Waals surface area contributed by atoms with Gasteiger partial charge in [0.15, 0.2) is 0 Å². The second kappa shape index (κ2) is 8.19. The number of hydrogen-bond acceptors (Lipinski definition) is 4. The molecule has 0 aliphatic carbocycles. The van der Waals surface area contributed by atoms with Crippen molar-refractivity contribution in [3.05, 3.63) is 58.6 Å². The van der Waals surface area contributed by atoms with E-state index in [1.807, 2.05) is 48.5 Å². The van der Waals surface area contributed by atoms with Gasteiger partial charge < -0.3 is 10.1 Å². The van der Waals surface area contributed by atoms with E-state index >= 15 is 0 Å². The van der Waals surface area contributed by atoms with Gasteiger partial charge in [-0.1, -0.05) is 28.1 Å². The summed E-state index contributed by atoms with van der Waals surface area (Å²) in [5, 5.41) is 6.93. The quantitative estimate of drug-likeness (QED) is 0.613. The molecule has 2 aromatic carbocycles. The number of benzene rings is 2. The number of carbonyl (C=O) groups excluding carboxylic acids is 1. The zero-order valence-electron chi connectivity index (χ0n) is 12.0. The molecule has 2 N–H and O–H groups in total. The van der Waals surface area contributed by atoms with Crippen LogP contribution in [0.1, 0.15) is 5.56 Å². The molecule has 0 atom stereocenters. The minimum absolute atomic E-state index is 0.150. The summed E-state index contributed by atoms with van der Waals surface area (Å²) in [6.07, 6.45) is 1.57. The number of ether oxygens (including phenoxy) is 1. The van der Waals surface area contributed by atoms with E-state index in [1.54, 1.807) is 13.3 Å². The molecule has 5 nitrogen and oxygen atoms in total. The lowest BCUT2D eigenvalue weighted by Crippen LogP contribution is -2.25. The molecule has 0 aliphatic rings. The molecule has 0 saturated heterocycles. The van der Waals surface area contributed by atoms with Crippen molar-refractivity contribution in [3.63, 3.8) is 0 Å². The minimum Gasteiger partial charge on any atom is -0.497 e. The number of nitrogens with zero attached hydrogens (tertiary/aromatic N) is 1. The second-order valence-electron chi connectivity index (χ2n) is 4.43. The van der Waals surface area contributed by atoms with E-state index < -0.39 is 0 Å². The van der Waals surface area contributed by atoms with Crippen molar-refractivity contribution in [2.75, 3.05) is 19.0 Å². The van der Waals surface area contributed by atoms with Crippen molar-refractivity contribution >= 4 is 33.7 Å². The van der Waals surface area contributed by atoms with Gasteiger partial charge in [0.25, 0.3) is 5.91 Å². The SMILES string of the molecule is COc1cccc(/C=N\NC(=O)CNc2ccc(Br)cc2)c1. The fourth-order valence-corrected chi connectivity index (χ4v) is 1.95. The number of rotatable bonds is 6. The van der Waals surface area contributed by atoms with Crippen molar-refractivity contribution in [1.29, 1.82) is 0 Å². The summed E-state index contributed by atoms with van der Waals surface area (Å²) in [5.41, 5.74) is 4.19. The largest absolute Gasteiger partial charge is 0.497 e. The minimum atomic E-state index is -0.220. The molecule has 22 heavy (non-hydrogen) atoms. The van der Waals surface area contributed by atoms with Crippen LogP contribution in [0, 0.1) is 0 Å². The molecule has 2 rings (SSSR count). The highest BCUT2D eigenvalue weighted by Crippen LogP contribution is 2.13. The van der Waals surface area contributed by atoms with Gasteiger partial charge in [0.05, 0.1) is 19.9 Å². The zero-order chi connectivity index (χ0) is 15.8. The predicted molar refractivity (Wildman–Crippen MR) is 91.4 cm³/mol. The van der Waals surface area contributed by atoms with Crippen LogP contribution in [0.5, 0.6) is 5.75 Å². The lowest BCUT2D eigenvalue weighted by molar-refractivity contribution is -0.119. The molecule has 6 heteroatoms.